The molecule has 0 amide bonds. The first kappa shape index (κ1) is 15.4. The van der Waals surface area contributed by atoms with Gasteiger partial charge in [0.1, 0.15) is 0 Å². The maximum atomic E-state index is 3.55. The van der Waals surface area contributed by atoms with E-state index in [0.29, 0.717) is 6.04 Å². The maximum absolute atomic E-state index is 3.55. The topological polar surface area (TPSA) is 15.3 Å². The third-order valence-electron chi connectivity index (χ3n) is 3.66. The summed E-state index contributed by atoms with van der Waals surface area (Å²) >= 11 is 5.65. The van der Waals surface area contributed by atoms with Crippen LogP contribution in [0.3, 0.4) is 0 Å². The van der Waals surface area contributed by atoms with Gasteiger partial charge in [-0.2, -0.15) is 11.8 Å². The summed E-state index contributed by atoms with van der Waals surface area (Å²) in [7, 11) is 2.06. The van der Waals surface area contributed by atoms with Crippen molar-refractivity contribution in [2.45, 2.75) is 24.6 Å². The van der Waals surface area contributed by atoms with E-state index in [1.807, 2.05) is 0 Å². The van der Waals surface area contributed by atoms with Crippen molar-refractivity contribution in [2.75, 3.05) is 32.4 Å². The first-order valence-electron chi connectivity index (χ1n) is 6.95. The average molecular weight is 343 g/mol. The van der Waals surface area contributed by atoms with Crippen LogP contribution in [-0.2, 0) is 0 Å². The summed E-state index contributed by atoms with van der Waals surface area (Å²) in [5, 5.41) is 4.23. The van der Waals surface area contributed by atoms with Crippen LogP contribution in [0.25, 0.3) is 0 Å². The third kappa shape index (κ3) is 4.78. The standard InChI is InChI=1S/C15H23BrN2S/c1-12-11-18(8-9-19-12)7-6-15(17-2)13-4-3-5-14(16)10-13/h3-5,10,12,15,17H,6-9,11H2,1-2H3. The maximum Gasteiger partial charge on any atom is 0.0330 e. The molecule has 2 rings (SSSR count). The van der Waals surface area contributed by atoms with E-state index in [1.54, 1.807) is 0 Å². The van der Waals surface area contributed by atoms with Crippen molar-refractivity contribution in [1.82, 2.24) is 10.2 Å². The highest BCUT2D eigenvalue weighted by Crippen LogP contribution is 2.23. The molecule has 0 aliphatic carbocycles. The van der Waals surface area contributed by atoms with Gasteiger partial charge in [-0.1, -0.05) is 35.0 Å². The van der Waals surface area contributed by atoms with Gasteiger partial charge in [-0.05, 0) is 31.2 Å². The Morgan fingerprint density at radius 3 is 3.05 bits per heavy atom. The molecule has 1 aromatic carbocycles. The van der Waals surface area contributed by atoms with Gasteiger partial charge >= 0.3 is 0 Å². The molecule has 1 heterocycles. The summed E-state index contributed by atoms with van der Waals surface area (Å²) in [5.41, 5.74) is 1.37. The molecule has 106 valence electrons. The second-order valence-corrected chi connectivity index (χ2v) is 7.63. The molecule has 1 fully saturated rings. The minimum atomic E-state index is 0.447. The van der Waals surface area contributed by atoms with E-state index in [0.717, 1.165) is 9.72 Å². The number of benzene rings is 1. The Morgan fingerprint density at radius 1 is 1.53 bits per heavy atom. The molecule has 19 heavy (non-hydrogen) atoms. The molecule has 4 heteroatoms. The predicted molar refractivity (Wildman–Crippen MR) is 88.9 cm³/mol. The number of nitrogens with one attached hydrogen (secondary N) is 1. The van der Waals surface area contributed by atoms with Crippen LogP contribution in [0.2, 0.25) is 0 Å². The number of hydrogen-bond acceptors (Lipinski definition) is 3. The Balaban J connectivity index is 1.89. The lowest BCUT2D eigenvalue weighted by atomic mass is 10.0. The molecular weight excluding hydrogens is 320 g/mol. The molecule has 0 saturated carbocycles. The molecule has 0 spiro atoms. The number of thioether (sulfide) groups is 1. The quantitative estimate of drug-likeness (QED) is 0.880. The summed E-state index contributed by atoms with van der Waals surface area (Å²) in [6.07, 6.45) is 1.17. The average Bonchev–Trinajstić information content (AvgIpc) is 2.40. The van der Waals surface area contributed by atoms with Crippen molar-refractivity contribution < 1.29 is 0 Å². The van der Waals surface area contributed by atoms with Gasteiger partial charge in [0.25, 0.3) is 0 Å². The zero-order valence-electron chi connectivity index (χ0n) is 11.7. The minimum Gasteiger partial charge on any atom is -0.313 e. The Morgan fingerprint density at radius 2 is 2.37 bits per heavy atom. The second kappa shape index (κ2) is 7.67. The fourth-order valence-electron chi connectivity index (χ4n) is 2.61. The third-order valence-corrected chi connectivity index (χ3v) is 5.29. The normalized spacial score (nSPS) is 22.4. The van der Waals surface area contributed by atoms with Crippen molar-refractivity contribution in [3.8, 4) is 0 Å². The number of hydrogen-bond donors (Lipinski definition) is 1. The van der Waals surface area contributed by atoms with Crippen LogP contribution >= 0.6 is 27.7 Å². The van der Waals surface area contributed by atoms with Gasteiger partial charge in [-0.25, -0.2) is 0 Å². The molecule has 1 aromatic rings. The molecule has 1 N–H and O–H groups in total. The largest absolute Gasteiger partial charge is 0.313 e. The Kier molecular flexibility index (Phi) is 6.20. The van der Waals surface area contributed by atoms with Crippen LogP contribution in [0.15, 0.2) is 28.7 Å². The fourth-order valence-corrected chi connectivity index (χ4v) is 4.11. The van der Waals surface area contributed by atoms with E-state index in [1.165, 1.54) is 37.4 Å². The van der Waals surface area contributed by atoms with Crippen molar-refractivity contribution in [1.29, 1.82) is 0 Å². The van der Waals surface area contributed by atoms with Crippen LogP contribution in [0.1, 0.15) is 24.9 Å². The lowest BCUT2D eigenvalue weighted by Crippen LogP contribution is -2.38. The molecular formula is C15H23BrN2S. The monoisotopic (exact) mass is 342 g/mol. The van der Waals surface area contributed by atoms with E-state index in [2.05, 4.69) is 76.1 Å². The second-order valence-electron chi connectivity index (χ2n) is 5.17. The summed E-state index contributed by atoms with van der Waals surface area (Å²) in [6.45, 7) is 5.99. The van der Waals surface area contributed by atoms with Crippen LogP contribution in [0.5, 0.6) is 0 Å². The molecule has 0 radical (unpaired) electrons. The Hall–Kier alpha value is -0.0300. The van der Waals surface area contributed by atoms with E-state index in [9.17, 15) is 0 Å². The highest BCUT2D eigenvalue weighted by Gasteiger charge is 2.18. The van der Waals surface area contributed by atoms with Gasteiger partial charge in [0.2, 0.25) is 0 Å². The van der Waals surface area contributed by atoms with Gasteiger partial charge in [0.15, 0.2) is 0 Å². The molecule has 0 aromatic heterocycles. The molecule has 0 bridgehead atoms. The van der Waals surface area contributed by atoms with Crippen molar-refractivity contribution >= 4 is 27.7 Å². The lowest BCUT2D eigenvalue weighted by Gasteiger charge is -2.31. The molecule has 1 aliphatic heterocycles. The lowest BCUT2D eigenvalue weighted by molar-refractivity contribution is 0.269. The summed E-state index contributed by atoms with van der Waals surface area (Å²) < 4.78 is 1.16. The summed E-state index contributed by atoms with van der Waals surface area (Å²) in [6, 6.07) is 9.07. The van der Waals surface area contributed by atoms with Crippen LogP contribution in [0, 0.1) is 0 Å². The van der Waals surface area contributed by atoms with Gasteiger partial charge in [0.05, 0.1) is 0 Å². The van der Waals surface area contributed by atoms with Crippen LogP contribution in [-0.4, -0.2) is 42.6 Å². The predicted octanol–water partition coefficient (Wildman–Crippen LogP) is 3.54. The first-order chi connectivity index (χ1) is 9.19. The van der Waals surface area contributed by atoms with Crippen LogP contribution in [0.4, 0.5) is 0 Å². The highest BCUT2D eigenvalue weighted by molar-refractivity contribution is 9.10. The smallest absolute Gasteiger partial charge is 0.0330 e. The van der Waals surface area contributed by atoms with E-state index in [-0.39, 0.29) is 0 Å². The number of nitrogens with zero attached hydrogens (tertiary/aromatic N) is 1. The van der Waals surface area contributed by atoms with E-state index >= 15 is 0 Å². The molecule has 2 atom stereocenters. The molecule has 1 saturated heterocycles. The van der Waals surface area contributed by atoms with Gasteiger partial charge < -0.3 is 10.2 Å². The zero-order valence-corrected chi connectivity index (χ0v) is 14.1. The number of halogens is 1. The van der Waals surface area contributed by atoms with E-state index < -0.39 is 0 Å². The van der Waals surface area contributed by atoms with Crippen molar-refractivity contribution in [3.05, 3.63) is 34.3 Å². The SMILES string of the molecule is CNC(CCN1CCSC(C)C1)c1cccc(Br)c1. The molecule has 2 unspecified atom stereocenters. The van der Waals surface area contributed by atoms with Gasteiger partial charge in [-0.3, -0.25) is 0 Å². The molecule has 2 nitrogen and oxygen atoms in total. The Labute approximate surface area is 129 Å². The molecule has 1 aliphatic rings. The fraction of sp³-hybridized carbons (Fsp3) is 0.600. The highest BCUT2D eigenvalue weighted by atomic mass is 79.9. The van der Waals surface area contributed by atoms with Crippen LogP contribution < -0.4 is 5.32 Å². The first-order valence-corrected chi connectivity index (χ1v) is 8.80. The zero-order chi connectivity index (χ0) is 13.7. The van der Waals surface area contributed by atoms with E-state index in [4.69, 9.17) is 0 Å². The summed E-state index contributed by atoms with van der Waals surface area (Å²) in [5.74, 6) is 1.28. The van der Waals surface area contributed by atoms with Gasteiger partial charge in [0, 0.05) is 41.2 Å². The minimum absolute atomic E-state index is 0.447. The van der Waals surface area contributed by atoms with Gasteiger partial charge in [-0.15, -0.1) is 0 Å². The number of rotatable bonds is 5. The summed E-state index contributed by atoms with van der Waals surface area (Å²) in [4.78, 5) is 2.60. The Bertz CT molecular complexity index is 399. The van der Waals surface area contributed by atoms with Crippen molar-refractivity contribution in [2.24, 2.45) is 0 Å². The van der Waals surface area contributed by atoms with Crippen molar-refractivity contribution in [3.63, 3.8) is 0 Å².